The van der Waals surface area contributed by atoms with Crippen LogP contribution in [-0.4, -0.2) is 11.6 Å². The van der Waals surface area contributed by atoms with Crippen LogP contribution in [0.5, 0.6) is 0 Å². The number of benzene rings is 2. The van der Waals surface area contributed by atoms with Gasteiger partial charge in [0.1, 0.15) is 11.5 Å². The van der Waals surface area contributed by atoms with Gasteiger partial charge in [-0.2, -0.15) is 0 Å². The van der Waals surface area contributed by atoms with Gasteiger partial charge in [-0.05, 0) is 54.9 Å². The van der Waals surface area contributed by atoms with E-state index in [1.807, 2.05) is 13.0 Å². The van der Waals surface area contributed by atoms with E-state index in [9.17, 15) is 0 Å². The van der Waals surface area contributed by atoms with E-state index >= 15 is 0 Å². The summed E-state index contributed by atoms with van der Waals surface area (Å²) in [4.78, 5) is 9.92. The van der Waals surface area contributed by atoms with E-state index in [0.717, 1.165) is 34.0 Å². The maximum absolute atomic E-state index is 5.98. The molecule has 1 aliphatic rings. The van der Waals surface area contributed by atoms with E-state index in [1.54, 1.807) is 0 Å². The number of hydrogen-bond donors (Lipinski definition) is 0. The number of aliphatic imine (C=N–C) groups is 2. The van der Waals surface area contributed by atoms with Crippen LogP contribution in [0, 0.1) is 13.8 Å². The van der Waals surface area contributed by atoms with Gasteiger partial charge in [0, 0.05) is 6.08 Å². The number of ether oxygens (including phenoxy) is 1. The highest BCUT2D eigenvalue weighted by Crippen LogP contribution is 2.36. The fourth-order valence-electron chi connectivity index (χ4n) is 3.49. The van der Waals surface area contributed by atoms with Gasteiger partial charge >= 0.3 is 0 Å². The van der Waals surface area contributed by atoms with Crippen LogP contribution in [0.4, 0.5) is 11.4 Å². The third-order valence-corrected chi connectivity index (χ3v) is 5.04. The Morgan fingerprint density at radius 1 is 0.714 bits per heavy atom. The number of rotatable bonds is 4. The summed E-state index contributed by atoms with van der Waals surface area (Å²) in [5, 5.41) is 0. The molecule has 0 radical (unpaired) electrons. The molecule has 2 aromatic carbocycles. The standard InChI is InChI=1S/C25H30N2O/c1-15(2)20-12-9-13-21(16(3)4)24(20)27-25-22(14-19(7)28-25)26-23-17(5)10-8-11-18(23)6/h8-16H,1-7H3. The predicted molar refractivity (Wildman–Crippen MR) is 120 cm³/mol. The van der Waals surface area contributed by atoms with Crippen LogP contribution < -0.4 is 0 Å². The molecule has 0 aliphatic carbocycles. The van der Waals surface area contributed by atoms with Crippen LogP contribution in [0.3, 0.4) is 0 Å². The molecular formula is C25H30N2O. The van der Waals surface area contributed by atoms with Gasteiger partial charge in [0.05, 0.1) is 11.4 Å². The normalized spacial score (nSPS) is 17.0. The fraction of sp³-hybridized carbons (Fsp3) is 0.360. The Morgan fingerprint density at radius 2 is 1.25 bits per heavy atom. The Kier molecular flexibility index (Phi) is 5.83. The molecular weight excluding hydrogens is 344 g/mol. The monoisotopic (exact) mass is 374 g/mol. The van der Waals surface area contributed by atoms with E-state index < -0.39 is 0 Å². The van der Waals surface area contributed by atoms with Crippen molar-refractivity contribution in [3.63, 3.8) is 0 Å². The third-order valence-electron chi connectivity index (χ3n) is 5.04. The summed E-state index contributed by atoms with van der Waals surface area (Å²) in [6.07, 6.45) is 1.97. The van der Waals surface area contributed by atoms with E-state index in [0.29, 0.717) is 17.7 Å². The molecule has 3 nitrogen and oxygen atoms in total. The van der Waals surface area contributed by atoms with Gasteiger partial charge in [-0.3, -0.25) is 0 Å². The lowest BCUT2D eigenvalue weighted by Gasteiger charge is -2.17. The van der Waals surface area contributed by atoms with Crippen molar-refractivity contribution < 1.29 is 4.74 Å². The fourth-order valence-corrected chi connectivity index (χ4v) is 3.49. The molecule has 0 unspecified atom stereocenters. The highest BCUT2D eigenvalue weighted by Gasteiger charge is 2.22. The van der Waals surface area contributed by atoms with Crippen molar-refractivity contribution in [1.82, 2.24) is 0 Å². The summed E-state index contributed by atoms with van der Waals surface area (Å²) >= 11 is 0. The Morgan fingerprint density at radius 3 is 1.79 bits per heavy atom. The lowest BCUT2D eigenvalue weighted by atomic mass is 9.93. The molecule has 1 heterocycles. The van der Waals surface area contributed by atoms with Gasteiger partial charge in [0.2, 0.25) is 5.90 Å². The van der Waals surface area contributed by atoms with Crippen molar-refractivity contribution in [2.24, 2.45) is 9.98 Å². The SMILES string of the molecule is CC1=CC(=Nc2c(C)cccc2C)C(=Nc2c(C(C)C)cccc2C(C)C)O1. The van der Waals surface area contributed by atoms with E-state index in [4.69, 9.17) is 14.7 Å². The molecule has 0 fully saturated rings. The van der Waals surface area contributed by atoms with E-state index in [2.05, 4.69) is 77.9 Å². The molecule has 146 valence electrons. The van der Waals surface area contributed by atoms with Crippen LogP contribution in [0.15, 0.2) is 58.2 Å². The predicted octanol–water partition coefficient (Wildman–Crippen LogP) is 7.29. The largest absolute Gasteiger partial charge is 0.442 e. The molecule has 0 saturated heterocycles. The Bertz CT molecular complexity index is 932. The molecule has 3 heteroatoms. The van der Waals surface area contributed by atoms with Crippen molar-refractivity contribution in [3.05, 3.63) is 70.5 Å². The number of hydrogen-bond acceptors (Lipinski definition) is 3. The van der Waals surface area contributed by atoms with Crippen molar-refractivity contribution in [3.8, 4) is 0 Å². The van der Waals surface area contributed by atoms with Gasteiger partial charge in [-0.1, -0.05) is 64.1 Å². The molecule has 0 atom stereocenters. The topological polar surface area (TPSA) is 34.0 Å². The highest BCUT2D eigenvalue weighted by molar-refractivity contribution is 6.46. The Labute approximate surface area is 168 Å². The number of para-hydroxylation sites is 2. The van der Waals surface area contributed by atoms with Crippen LogP contribution in [-0.2, 0) is 4.74 Å². The van der Waals surface area contributed by atoms with Crippen molar-refractivity contribution >= 4 is 23.0 Å². The van der Waals surface area contributed by atoms with Crippen molar-refractivity contribution in [1.29, 1.82) is 0 Å². The maximum atomic E-state index is 5.98. The zero-order valence-electron chi connectivity index (χ0n) is 18.0. The maximum Gasteiger partial charge on any atom is 0.245 e. The smallest absolute Gasteiger partial charge is 0.245 e. The third kappa shape index (κ3) is 4.09. The number of nitrogens with zero attached hydrogens (tertiary/aromatic N) is 2. The molecule has 0 bridgehead atoms. The number of allylic oxidation sites excluding steroid dienone is 1. The second kappa shape index (κ2) is 8.14. The summed E-state index contributed by atoms with van der Waals surface area (Å²) < 4.78 is 5.98. The van der Waals surface area contributed by atoms with Crippen LogP contribution >= 0.6 is 0 Å². The summed E-state index contributed by atoms with van der Waals surface area (Å²) in [7, 11) is 0. The molecule has 2 aromatic rings. The van der Waals surface area contributed by atoms with Gasteiger partial charge < -0.3 is 4.74 Å². The zero-order chi connectivity index (χ0) is 20.4. The summed E-state index contributed by atoms with van der Waals surface area (Å²) in [5.74, 6) is 2.16. The lowest BCUT2D eigenvalue weighted by Crippen LogP contribution is -2.09. The zero-order valence-corrected chi connectivity index (χ0v) is 18.0. The first-order chi connectivity index (χ1) is 13.3. The molecule has 0 amide bonds. The van der Waals surface area contributed by atoms with Gasteiger partial charge in [-0.15, -0.1) is 0 Å². The molecule has 3 rings (SSSR count). The lowest BCUT2D eigenvalue weighted by molar-refractivity contribution is 0.435. The first-order valence-corrected chi connectivity index (χ1v) is 10.0. The molecule has 0 saturated carbocycles. The minimum Gasteiger partial charge on any atom is -0.442 e. The number of aryl methyl sites for hydroxylation is 2. The highest BCUT2D eigenvalue weighted by atomic mass is 16.5. The van der Waals surface area contributed by atoms with E-state index in [1.165, 1.54) is 11.1 Å². The second-order valence-electron chi connectivity index (χ2n) is 8.11. The summed E-state index contributed by atoms with van der Waals surface area (Å²) in [6.45, 7) is 14.9. The average Bonchev–Trinajstić information content (AvgIpc) is 2.97. The van der Waals surface area contributed by atoms with Crippen LogP contribution in [0.25, 0.3) is 0 Å². The van der Waals surface area contributed by atoms with E-state index in [-0.39, 0.29) is 0 Å². The minimum absolute atomic E-state index is 0.382. The van der Waals surface area contributed by atoms with Gasteiger partial charge in [0.25, 0.3) is 0 Å². The second-order valence-corrected chi connectivity index (χ2v) is 8.11. The van der Waals surface area contributed by atoms with Crippen molar-refractivity contribution in [2.75, 3.05) is 0 Å². The first-order valence-electron chi connectivity index (χ1n) is 10.0. The Balaban J connectivity index is 2.16. The van der Waals surface area contributed by atoms with Crippen molar-refractivity contribution in [2.45, 2.75) is 60.3 Å². The molecule has 1 aliphatic heterocycles. The summed E-state index contributed by atoms with van der Waals surface area (Å²) in [6, 6.07) is 12.7. The Hall–Kier alpha value is -2.68. The van der Waals surface area contributed by atoms with Crippen LogP contribution in [0.1, 0.15) is 68.7 Å². The average molecular weight is 375 g/mol. The van der Waals surface area contributed by atoms with Gasteiger partial charge in [0.15, 0.2) is 0 Å². The van der Waals surface area contributed by atoms with Crippen LogP contribution in [0.2, 0.25) is 0 Å². The molecule has 0 N–H and O–H groups in total. The quantitative estimate of drug-likeness (QED) is 0.553. The molecule has 0 aromatic heterocycles. The summed E-state index contributed by atoms with van der Waals surface area (Å²) in [5.41, 5.74) is 7.55. The molecule has 28 heavy (non-hydrogen) atoms. The first kappa shape index (κ1) is 20.1. The van der Waals surface area contributed by atoms with Gasteiger partial charge in [-0.25, -0.2) is 9.98 Å². The molecule has 0 spiro atoms. The minimum atomic E-state index is 0.382.